The summed E-state index contributed by atoms with van der Waals surface area (Å²) >= 11 is 0. The zero-order chi connectivity index (χ0) is 30.3. The molecule has 8 heteroatoms. The summed E-state index contributed by atoms with van der Waals surface area (Å²) in [5.74, 6) is -1.10. The van der Waals surface area contributed by atoms with E-state index in [0.29, 0.717) is 17.9 Å². The molecule has 1 heterocycles. The fourth-order valence-corrected chi connectivity index (χ4v) is 5.62. The van der Waals surface area contributed by atoms with Gasteiger partial charge < -0.3 is 14.7 Å². The zero-order valence-corrected chi connectivity index (χ0v) is 25.2. The van der Waals surface area contributed by atoms with Gasteiger partial charge in [0.05, 0.1) is 23.6 Å². The molecule has 2 aromatic carbocycles. The van der Waals surface area contributed by atoms with Crippen LogP contribution < -0.4 is 4.74 Å². The Kier molecular flexibility index (Phi) is 13.5. The molecule has 1 aliphatic rings. The largest absolute Gasteiger partial charge is 0.507 e. The van der Waals surface area contributed by atoms with Gasteiger partial charge in [0.15, 0.2) is 0 Å². The van der Waals surface area contributed by atoms with Crippen LogP contribution in [0.5, 0.6) is 5.75 Å². The molecule has 8 nitrogen and oxygen atoms in total. The van der Waals surface area contributed by atoms with Crippen LogP contribution in [0.4, 0.5) is 5.69 Å². The number of non-ortho nitro benzene ring substituents is 1. The van der Waals surface area contributed by atoms with Gasteiger partial charge in [-0.1, -0.05) is 103 Å². The molecule has 0 bridgehead atoms. The SMILES string of the molecule is CCCCCCCCCCCCCCCCN1C(=O)C(=O)/C(=C(/O)c2ccc([N+](=O)[O-])cc2)[C@H]1c1ccc(OC)cc1. The van der Waals surface area contributed by atoms with Crippen molar-refractivity contribution in [3.63, 3.8) is 0 Å². The van der Waals surface area contributed by atoms with E-state index in [1.54, 1.807) is 36.3 Å². The van der Waals surface area contributed by atoms with Crippen LogP contribution in [0.15, 0.2) is 54.1 Å². The van der Waals surface area contributed by atoms with E-state index in [0.717, 1.165) is 25.7 Å². The summed E-state index contributed by atoms with van der Waals surface area (Å²) < 4.78 is 5.27. The van der Waals surface area contributed by atoms with E-state index in [9.17, 15) is 24.8 Å². The predicted molar refractivity (Wildman–Crippen MR) is 165 cm³/mol. The van der Waals surface area contributed by atoms with Gasteiger partial charge in [0, 0.05) is 24.2 Å². The highest BCUT2D eigenvalue weighted by molar-refractivity contribution is 6.46. The van der Waals surface area contributed by atoms with Gasteiger partial charge in [-0.15, -0.1) is 0 Å². The van der Waals surface area contributed by atoms with E-state index in [4.69, 9.17) is 4.74 Å². The number of amides is 1. The number of unbranched alkanes of at least 4 members (excludes halogenated alkanes) is 13. The summed E-state index contributed by atoms with van der Waals surface area (Å²) in [5, 5.41) is 22.2. The Balaban J connectivity index is 1.59. The second-order valence-electron chi connectivity index (χ2n) is 11.2. The van der Waals surface area contributed by atoms with Crippen molar-refractivity contribution in [2.75, 3.05) is 13.7 Å². The van der Waals surface area contributed by atoms with Crippen LogP contribution in [0.2, 0.25) is 0 Å². The molecule has 0 aliphatic carbocycles. The number of nitro benzene ring substituents is 1. The van der Waals surface area contributed by atoms with Crippen molar-refractivity contribution in [1.29, 1.82) is 0 Å². The Labute approximate surface area is 249 Å². The van der Waals surface area contributed by atoms with Crippen LogP contribution in [0.25, 0.3) is 5.76 Å². The van der Waals surface area contributed by atoms with Crippen molar-refractivity contribution >= 4 is 23.1 Å². The second kappa shape index (κ2) is 17.3. The maximum Gasteiger partial charge on any atom is 0.295 e. The van der Waals surface area contributed by atoms with Gasteiger partial charge in [0.2, 0.25) is 0 Å². The van der Waals surface area contributed by atoms with Gasteiger partial charge in [0.1, 0.15) is 11.5 Å². The number of hydrogen-bond donors (Lipinski definition) is 1. The standard InChI is InChI=1S/C34H46N2O6/c1-3-4-5-6-7-8-9-10-11-12-13-14-15-16-25-35-31(26-19-23-29(42-2)24-20-26)30(33(38)34(35)39)32(37)27-17-21-28(22-18-27)36(40)41/h17-24,31,37H,3-16,25H2,1-2H3/b32-30+/t31-/m1/s1. The minimum absolute atomic E-state index is 0.00983. The lowest BCUT2D eigenvalue weighted by Crippen LogP contribution is -2.30. The zero-order valence-electron chi connectivity index (χ0n) is 25.2. The third-order valence-corrected chi connectivity index (χ3v) is 8.08. The summed E-state index contributed by atoms with van der Waals surface area (Å²) in [4.78, 5) is 38.5. The van der Waals surface area contributed by atoms with E-state index in [-0.39, 0.29) is 22.6 Å². The van der Waals surface area contributed by atoms with Crippen LogP contribution in [0.3, 0.4) is 0 Å². The minimum atomic E-state index is -0.756. The number of nitrogens with zero attached hydrogens (tertiary/aromatic N) is 2. The first-order chi connectivity index (χ1) is 20.4. The van der Waals surface area contributed by atoms with Crippen LogP contribution in [-0.4, -0.2) is 40.3 Å². The Bertz CT molecular complexity index is 1190. The van der Waals surface area contributed by atoms with Gasteiger partial charge in [-0.2, -0.15) is 0 Å². The van der Waals surface area contributed by atoms with Crippen molar-refractivity contribution in [2.24, 2.45) is 0 Å². The highest BCUT2D eigenvalue weighted by Gasteiger charge is 2.45. The summed E-state index contributed by atoms with van der Waals surface area (Å²) in [7, 11) is 1.56. The van der Waals surface area contributed by atoms with Crippen molar-refractivity contribution < 1.29 is 24.4 Å². The second-order valence-corrected chi connectivity index (χ2v) is 11.2. The van der Waals surface area contributed by atoms with Gasteiger partial charge in [-0.05, 0) is 36.2 Å². The lowest BCUT2D eigenvalue weighted by atomic mass is 9.95. The molecular weight excluding hydrogens is 532 g/mol. The van der Waals surface area contributed by atoms with Crippen LogP contribution >= 0.6 is 0 Å². The van der Waals surface area contributed by atoms with E-state index < -0.39 is 22.7 Å². The Hall–Kier alpha value is -3.68. The van der Waals surface area contributed by atoms with Crippen LogP contribution in [0, 0.1) is 10.1 Å². The molecule has 1 fully saturated rings. The van der Waals surface area contributed by atoms with E-state index in [1.165, 1.54) is 88.5 Å². The number of methoxy groups -OCH3 is 1. The van der Waals surface area contributed by atoms with Crippen LogP contribution in [0.1, 0.15) is 114 Å². The fraction of sp³-hybridized carbons (Fsp3) is 0.529. The van der Waals surface area contributed by atoms with Crippen LogP contribution in [-0.2, 0) is 9.59 Å². The maximum absolute atomic E-state index is 13.2. The third kappa shape index (κ3) is 9.16. The number of rotatable bonds is 19. The number of Topliss-reactive ketones (excluding diaryl/α,β-unsaturated/α-hetero) is 1. The molecular formula is C34H46N2O6. The molecule has 1 atom stereocenters. The van der Waals surface area contributed by atoms with E-state index in [2.05, 4.69) is 6.92 Å². The summed E-state index contributed by atoms with van der Waals surface area (Å²) in [6, 6.07) is 11.6. The first kappa shape index (κ1) is 32.8. The average Bonchev–Trinajstić information content (AvgIpc) is 3.26. The first-order valence-electron chi connectivity index (χ1n) is 15.6. The van der Waals surface area contributed by atoms with Gasteiger partial charge in [0.25, 0.3) is 17.4 Å². The molecule has 228 valence electrons. The molecule has 0 unspecified atom stereocenters. The summed E-state index contributed by atoms with van der Waals surface area (Å²) in [5.41, 5.74) is 0.790. The monoisotopic (exact) mass is 578 g/mol. The van der Waals surface area contributed by atoms with E-state index >= 15 is 0 Å². The van der Waals surface area contributed by atoms with Gasteiger partial charge >= 0.3 is 0 Å². The highest BCUT2D eigenvalue weighted by Crippen LogP contribution is 2.40. The molecule has 2 aromatic rings. The summed E-state index contributed by atoms with van der Waals surface area (Å²) in [6.07, 6.45) is 17.2. The lowest BCUT2D eigenvalue weighted by molar-refractivity contribution is -0.384. The average molecular weight is 579 g/mol. The number of carbonyl (C=O) groups excluding carboxylic acids is 2. The van der Waals surface area contributed by atoms with Gasteiger partial charge in [-0.3, -0.25) is 19.7 Å². The molecule has 3 rings (SSSR count). The highest BCUT2D eigenvalue weighted by atomic mass is 16.6. The molecule has 0 aromatic heterocycles. The maximum atomic E-state index is 13.2. The van der Waals surface area contributed by atoms with Crippen molar-refractivity contribution in [1.82, 2.24) is 4.90 Å². The Morgan fingerprint density at radius 3 is 1.79 bits per heavy atom. The number of aliphatic hydroxyl groups is 1. The molecule has 1 saturated heterocycles. The topological polar surface area (TPSA) is 110 Å². The number of ether oxygens (including phenoxy) is 1. The lowest BCUT2D eigenvalue weighted by Gasteiger charge is -2.25. The molecule has 42 heavy (non-hydrogen) atoms. The van der Waals surface area contributed by atoms with E-state index in [1.807, 2.05) is 0 Å². The first-order valence-corrected chi connectivity index (χ1v) is 15.6. The quantitative estimate of drug-likeness (QED) is 0.0447. The number of hydrogen-bond acceptors (Lipinski definition) is 6. The van der Waals surface area contributed by atoms with Crippen molar-refractivity contribution in [3.8, 4) is 5.75 Å². The number of benzene rings is 2. The predicted octanol–water partition coefficient (Wildman–Crippen LogP) is 8.51. The number of aliphatic hydroxyl groups excluding tert-OH is 1. The van der Waals surface area contributed by atoms with Crippen molar-refractivity contribution in [3.05, 3.63) is 75.3 Å². The molecule has 0 saturated carbocycles. The molecule has 0 spiro atoms. The van der Waals surface area contributed by atoms with Crippen molar-refractivity contribution in [2.45, 2.75) is 103 Å². The fourth-order valence-electron chi connectivity index (χ4n) is 5.62. The number of likely N-dealkylation sites (tertiary alicyclic amines) is 1. The molecule has 1 N–H and O–H groups in total. The molecule has 1 amide bonds. The Morgan fingerprint density at radius 2 is 1.31 bits per heavy atom. The molecule has 1 aliphatic heterocycles. The molecule has 0 radical (unpaired) electrons. The third-order valence-electron chi connectivity index (χ3n) is 8.08. The minimum Gasteiger partial charge on any atom is -0.507 e. The summed E-state index contributed by atoms with van der Waals surface area (Å²) in [6.45, 7) is 2.65. The smallest absolute Gasteiger partial charge is 0.295 e. The number of nitro groups is 1. The number of carbonyl (C=O) groups is 2. The Morgan fingerprint density at radius 1 is 0.810 bits per heavy atom. The normalized spacial score (nSPS) is 16.2. The number of ketones is 1. The van der Waals surface area contributed by atoms with Gasteiger partial charge in [-0.25, -0.2) is 0 Å².